The number of aryl methyl sites for hydroxylation is 2. The minimum Gasteiger partial charge on any atom is -0.388 e. The van der Waals surface area contributed by atoms with E-state index in [-0.39, 0.29) is 0 Å². The minimum absolute atomic E-state index is 0.479. The van der Waals surface area contributed by atoms with Crippen LogP contribution in [0.1, 0.15) is 35.4 Å². The molecule has 1 heterocycles. The predicted octanol–water partition coefficient (Wildman–Crippen LogP) is 3.88. The number of pyridine rings is 1. The summed E-state index contributed by atoms with van der Waals surface area (Å²) in [6, 6.07) is 9.71. The van der Waals surface area contributed by atoms with Crippen molar-refractivity contribution in [3.05, 3.63) is 63.9 Å². The lowest BCUT2D eigenvalue weighted by Gasteiger charge is -2.13. The highest BCUT2D eigenvalue weighted by Crippen LogP contribution is 2.26. The molecule has 1 atom stereocenters. The van der Waals surface area contributed by atoms with Crippen LogP contribution in [0.2, 0.25) is 5.02 Å². The highest BCUT2D eigenvalue weighted by molar-refractivity contribution is 6.31. The Morgan fingerprint density at radius 1 is 1.26 bits per heavy atom. The highest BCUT2D eigenvalue weighted by Gasteiger charge is 2.13. The molecule has 1 unspecified atom stereocenters. The quantitative estimate of drug-likeness (QED) is 0.918. The fourth-order valence-electron chi connectivity index (χ4n) is 2.00. The van der Waals surface area contributed by atoms with Crippen LogP contribution in [0.4, 0.5) is 0 Å². The first-order valence-corrected chi connectivity index (χ1v) is 6.86. The Balaban J connectivity index is 2.13. The van der Waals surface area contributed by atoms with Gasteiger partial charge in [0, 0.05) is 23.3 Å². The molecule has 2 rings (SSSR count). The molecule has 0 saturated carbocycles. The molecule has 0 spiro atoms. The lowest BCUT2D eigenvalue weighted by Crippen LogP contribution is -2.04. The summed E-state index contributed by atoms with van der Waals surface area (Å²) in [4.78, 5) is 4.36. The van der Waals surface area contributed by atoms with Gasteiger partial charge in [-0.1, -0.05) is 36.7 Å². The van der Waals surface area contributed by atoms with Crippen LogP contribution < -0.4 is 0 Å². The summed E-state index contributed by atoms with van der Waals surface area (Å²) < 4.78 is 0. The molecule has 0 saturated heterocycles. The van der Waals surface area contributed by atoms with Crippen molar-refractivity contribution in [1.82, 2.24) is 4.98 Å². The number of aromatic nitrogens is 1. The summed E-state index contributed by atoms with van der Waals surface area (Å²) >= 11 is 6.16. The van der Waals surface area contributed by atoms with Crippen molar-refractivity contribution in [1.29, 1.82) is 0 Å². The van der Waals surface area contributed by atoms with Gasteiger partial charge < -0.3 is 5.11 Å². The average molecular weight is 276 g/mol. The Labute approximate surface area is 119 Å². The Morgan fingerprint density at radius 2 is 2.05 bits per heavy atom. The van der Waals surface area contributed by atoms with Gasteiger partial charge in [-0.25, -0.2) is 0 Å². The van der Waals surface area contributed by atoms with Crippen LogP contribution >= 0.6 is 11.6 Å². The number of benzene rings is 1. The van der Waals surface area contributed by atoms with E-state index in [0.29, 0.717) is 11.4 Å². The molecule has 2 aromatic rings. The summed E-state index contributed by atoms with van der Waals surface area (Å²) in [6.45, 7) is 4.07. The number of hydrogen-bond acceptors (Lipinski definition) is 2. The summed E-state index contributed by atoms with van der Waals surface area (Å²) in [5.74, 6) is 0. The second kappa shape index (κ2) is 6.18. The van der Waals surface area contributed by atoms with E-state index in [9.17, 15) is 5.11 Å². The van der Waals surface area contributed by atoms with Gasteiger partial charge in [-0.3, -0.25) is 4.98 Å². The smallest absolute Gasteiger partial charge is 0.0859 e. The van der Waals surface area contributed by atoms with Crippen molar-refractivity contribution < 1.29 is 5.11 Å². The Morgan fingerprint density at radius 3 is 2.63 bits per heavy atom. The molecular formula is C16H18ClNO. The fourth-order valence-corrected chi connectivity index (χ4v) is 2.36. The van der Waals surface area contributed by atoms with Gasteiger partial charge in [-0.05, 0) is 42.2 Å². The molecule has 1 aromatic carbocycles. The third-order valence-corrected chi connectivity index (χ3v) is 3.54. The van der Waals surface area contributed by atoms with Crippen molar-refractivity contribution in [2.75, 3.05) is 0 Å². The van der Waals surface area contributed by atoms with E-state index >= 15 is 0 Å². The summed E-state index contributed by atoms with van der Waals surface area (Å²) in [5, 5.41) is 10.9. The summed E-state index contributed by atoms with van der Waals surface area (Å²) in [5.41, 5.74) is 3.92. The summed E-state index contributed by atoms with van der Waals surface area (Å²) in [7, 11) is 0. The summed E-state index contributed by atoms with van der Waals surface area (Å²) in [6.07, 6.45) is 2.69. The lowest BCUT2D eigenvalue weighted by molar-refractivity contribution is 0.177. The van der Waals surface area contributed by atoms with Gasteiger partial charge in [0.1, 0.15) is 0 Å². The van der Waals surface area contributed by atoms with Crippen molar-refractivity contribution in [2.24, 2.45) is 0 Å². The van der Waals surface area contributed by atoms with E-state index < -0.39 is 6.10 Å². The van der Waals surface area contributed by atoms with Crippen LogP contribution in [0, 0.1) is 6.92 Å². The van der Waals surface area contributed by atoms with Crippen LogP contribution in [0.3, 0.4) is 0 Å². The molecule has 19 heavy (non-hydrogen) atoms. The van der Waals surface area contributed by atoms with Gasteiger partial charge in [-0.15, -0.1) is 0 Å². The average Bonchev–Trinajstić information content (AvgIpc) is 2.39. The molecule has 1 aromatic heterocycles. The van der Waals surface area contributed by atoms with Crippen LogP contribution in [0.15, 0.2) is 36.5 Å². The topological polar surface area (TPSA) is 33.1 Å². The Bertz CT molecular complexity index is 551. The van der Waals surface area contributed by atoms with Crippen LogP contribution in [-0.2, 0) is 12.8 Å². The first-order chi connectivity index (χ1) is 9.10. The molecule has 0 aliphatic heterocycles. The largest absolute Gasteiger partial charge is 0.388 e. The first kappa shape index (κ1) is 14.0. The first-order valence-electron chi connectivity index (χ1n) is 6.48. The maximum Gasteiger partial charge on any atom is 0.0859 e. The number of nitrogens with zero attached hydrogens (tertiary/aromatic N) is 1. The maximum atomic E-state index is 10.2. The number of rotatable bonds is 4. The molecule has 0 radical (unpaired) electrons. The minimum atomic E-state index is -0.618. The molecule has 1 N–H and O–H groups in total. The van der Waals surface area contributed by atoms with Gasteiger partial charge >= 0.3 is 0 Å². The maximum absolute atomic E-state index is 10.2. The zero-order chi connectivity index (χ0) is 13.8. The normalized spacial score (nSPS) is 12.4. The molecule has 0 amide bonds. The third kappa shape index (κ3) is 3.55. The fraction of sp³-hybridized carbons (Fsp3) is 0.312. The zero-order valence-electron chi connectivity index (χ0n) is 11.2. The molecule has 0 aliphatic carbocycles. The predicted molar refractivity (Wildman–Crippen MR) is 78.5 cm³/mol. The van der Waals surface area contributed by atoms with E-state index in [0.717, 1.165) is 23.2 Å². The van der Waals surface area contributed by atoms with Crippen LogP contribution in [0.25, 0.3) is 0 Å². The van der Waals surface area contributed by atoms with E-state index in [1.165, 1.54) is 5.56 Å². The zero-order valence-corrected chi connectivity index (χ0v) is 12.0. The Hall–Kier alpha value is -1.38. The SMILES string of the molecule is CCc1ccc(CC(O)c2ccc(C)cc2Cl)nc1. The van der Waals surface area contributed by atoms with E-state index in [1.54, 1.807) is 0 Å². The van der Waals surface area contributed by atoms with Crippen molar-refractivity contribution in [3.63, 3.8) is 0 Å². The molecule has 0 bridgehead atoms. The van der Waals surface area contributed by atoms with Crippen molar-refractivity contribution in [3.8, 4) is 0 Å². The third-order valence-electron chi connectivity index (χ3n) is 3.21. The molecule has 0 aliphatic rings. The lowest BCUT2D eigenvalue weighted by atomic mass is 10.0. The van der Waals surface area contributed by atoms with E-state index in [4.69, 9.17) is 11.6 Å². The molecule has 2 nitrogen and oxygen atoms in total. The number of halogens is 1. The van der Waals surface area contributed by atoms with Gasteiger partial charge in [-0.2, -0.15) is 0 Å². The standard InChI is InChI=1S/C16H18ClNO/c1-3-12-5-6-13(18-10-12)9-16(19)14-7-4-11(2)8-15(14)17/h4-8,10,16,19H,3,9H2,1-2H3. The van der Waals surface area contributed by atoms with Gasteiger partial charge in [0.05, 0.1) is 6.10 Å². The highest BCUT2D eigenvalue weighted by atomic mass is 35.5. The molecule has 100 valence electrons. The van der Waals surface area contributed by atoms with Crippen molar-refractivity contribution in [2.45, 2.75) is 32.8 Å². The number of aliphatic hydroxyl groups excluding tert-OH is 1. The molecular weight excluding hydrogens is 258 g/mol. The Kier molecular flexibility index (Phi) is 4.56. The second-order valence-corrected chi connectivity index (χ2v) is 5.16. The van der Waals surface area contributed by atoms with E-state index in [2.05, 4.69) is 11.9 Å². The van der Waals surface area contributed by atoms with E-state index in [1.807, 2.05) is 43.5 Å². The second-order valence-electron chi connectivity index (χ2n) is 4.76. The molecule has 0 fully saturated rings. The van der Waals surface area contributed by atoms with Gasteiger partial charge in [0.2, 0.25) is 0 Å². The van der Waals surface area contributed by atoms with Crippen molar-refractivity contribution >= 4 is 11.6 Å². The monoisotopic (exact) mass is 275 g/mol. The van der Waals surface area contributed by atoms with Crippen LogP contribution in [-0.4, -0.2) is 10.1 Å². The van der Waals surface area contributed by atoms with Gasteiger partial charge in [0.25, 0.3) is 0 Å². The molecule has 3 heteroatoms. The van der Waals surface area contributed by atoms with Crippen LogP contribution in [0.5, 0.6) is 0 Å². The number of hydrogen-bond donors (Lipinski definition) is 1. The number of aliphatic hydroxyl groups is 1. The van der Waals surface area contributed by atoms with Gasteiger partial charge in [0.15, 0.2) is 0 Å².